The van der Waals surface area contributed by atoms with E-state index < -0.39 is 11.9 Å². The molecule has 0 atom stereocenters. The molecule has 0 aliphatic heterocycles. The first kappa shape index (κ1) is 23.1. The van der Waals surface area contributed by atoms with Crippen LogP contribution in [0.3, 0.4) is 0 Å². The summed E-state index contributed by atoms with van der Waals surface area (Å²) in [6.07, 6.45) is 1.44. The number of nitriles is 1. The fourth-order valence-electron chi connectivity index (χ4n) is 2.86. The molecule has 7 heteroatoms. The molecule has 1 amide bonds. The van der Waals surface area contributed by atoms with Crippen LogP contribution in [0.5, 0.6) is 17.2 Å². The molecule has 0 aromatic heterocycles. The van der Waals surface area contributed by atoms with E-state index in [-0.39, 0.29) is 23.7 Å². The highest BCUT2D eigenvalue weighted by Gasteiger charge is 2.13. The predicted octanol–water partition coefficient (Wildman–Crippen LogP) is 3.90. The zero-order valence-electron chi connectivity index (χ0n) is 18.0. The van der Waals surface area contributed by atoms with Crippen molar-refractivity contribution in [2.45, 2.75) is 6.54 Å². The summed E-state index contributed by atoms with van der Waals surface area (Å²) < 4.78 is 16.0. The third-order valence-electron chi connectivity index (χ3n) is 4.48. The molecule has 0 spiro atoms. The van der Waals surface area contributed by atoms with Crippen LogP contribution in [0.2, 0.25) is 0 Å². The van der Waals surface area contributed by atoms with Crippen molar-refractivity contribution in [2.75, 3.05) is 13.7 Å². The second kappa shape index (κ2) is 11.7. The predicted molar refractivity (Wildman–Crippen MR) is 122 cm³/mol. The second-order valence-corrected chi connectivity index (χ2v) is 6.82. The van der Waals surface area contributed by atoms with Crippen molar-refractivity contribution in [1.29, 1.82) is 5.26 Å². The van der Waals surface area contributed by atoms with Gasteiger partial charge in [0, 0.05) is 6.54 Å². The van der Waals surface area contributed by atoms with E-state index in [0.29, 0.717) is 17.9 Å². The zero-order chi connectivity index (χ0) is 23.5. The Bertz CT molecular complexity index is 1170. The number of carbonyl (C=O) groups excluding carboxylic acids is 2. The Morgan fingerprint density at radius 3 is 2.33 bits per heavy atom. The minimum atomic E-state index is -0.599. The quantitative estimate of drug-likeness (QED) is 0.234. The van der Waals surface area contributed by atoms with Gasteiger partial charge in [-0.25, -0.2) is 4.79 Å². The lowest BCUT2D eigenvalue weighted by Crippen LogP contribution is -2.23. The van der Waals surface area contributed by atoms with Crippen molar-refractivity contribution in [2.24, 2.45) is 0 Å². The maximum atomic E-state index is 12.4. The van der Waals surface area contributed by atoms with E-state index in [1.165, 1.54) is 19.3 Å². The number of rotatable bonds is 9. The number of para-hydroxylation sites is 1. The summed E-state index contributed by atoms with van der Waals surface area (Å²) in [6, 6.07) is 24.9. The van der Waals surface area contributed by atoms with Crippen molar-refractivity contribution in [1.82, 2.24) is 5.32 Å². The molecular weight excluding hydrogens is 420 g/mol. The number of carbonyl (C=O) groups is 2. The van der Waals surface area contributed by atoms with Crippen molar-refractivity contribution >= 4 is 18.0 Å². The second-order valence-electron chi connectivity index (χ2n) is 6.82. The average Bonchev–Trinajstić information content (AvgIpc) is 2.86. The van der Waals surface area contributed by atoms with E-state index in [1.807, 2.05) is 42.5 Å². The minimum Gasteiger partial charge on any atom is -0.493 e. The summed E-state index contributed by atoms with van der Waals surface area (Å²) in [6.45, 7) is 0.0386. The van der Waals surface area contributed by atoms with Gasteiger partial charge in [-0.1, -0.05) is 54.6 Å². The first-order chi connectivity index (χ1) is 16.1. The van der Waals surface area contributed by atoms with Crippen molar-refractivity contribution in [3.05, 3.63) is 95.6 Å². The van der Waals surface area contributed by atoms with Gasteiger partial charge in [0.25, 0.3) is 5.91 Å². The van der Waals surface area contributed by atoms with Gasteiger partial charge in [0.2, 0.25) is 0 Å². The Kier molecular flexibility index (Phi) is 8.21. The van der Waals surface area contributed by atoms with E-state index in [4.69, 9.17) is 14.2 Å². The Labute approximate surface area is 191 Å². The van der Waals surface area contributed by atoms with Crippen LogP contribution in [-0.4, -0.2) is 25.6 Å². The maximum Gasteiger partial charge on any atom is 0.349 e. The molecule has 166 valence electrons. The lowest BCUT2D eigenvalue weighted by atomic mass is 10.1. The molecule has 0 heterocycles. The topological polar surface area (TPSA) is 97.6 Å². The Morgan fingerprint density at radius 2 is 1.67 bits per heavy atom. The molecule has 3 aromatic carbocycles. The van der Waals surface area contributed by atoms with Gasteiger partial charge in [0.05, 0.1) is 7.11 Å². The first-order valence-corrected chi connectivity index (χ1v) is 10.1. The molecule has 3 aromatic rings. The summed E-state index contributed by atoms with van der Waals surface area (Å²) in [5.74, 6) is -0.0639. The van der Waals surface area contributed by atoms with E-state index in [0.717, 1.165) is 5.56 Å². The average molecular weight is 442 g/mol. The van der Waals surface area contributed by atoms with Gasteiger partial charge < -0.3 is 19.5 Å². The molecule has 0 aliphatic carbocycles. The van der Waals surface area contributed by atoms with Crippen LogP contribution in [0.15, 0.2) is 84.4 Å². The van der Waals surface area contributed by atoms with E-state index in [9.17, 15) is 14.9 Å². The highest BCUT2D eigenvalue weighted by Crippen LogP contribution is 2.29. The van der Waals surface area contributed by atoms with Crippen molar-refractivity contribution < 1.29 is 23.8 Å². The molecule has 3 rings (SSSR count). The molecule has 7 nitrogen and oxygen atoms in total. The number of benzene rings is 3. The highest BCUT2D eigenvalue weighted by molar-refractivity contribution is 6.01. The van der Waals surface area contributed by atoms with Crippen molar-refractivity contribution in [3.63, 3.8) is 0 Å². The summed E-state index contributed by atoms with van der Waals surface area (Å²) in [5.41, 5.74) is 1.40. The normalized spacial score (nSPS) is 10.6. The fourth-order valence-corrected chi connectivity index (χ4v) is 2.86. The molecule has 0 unspecified atom stereocenters. The molecular formula is C26H22N2O5. The molecule has 0 saturated heterocycles. The van der Waals surface area contributed by atoms with Gasteiger partial charge in [-0.15, -0.1) is 0 Å². The summed E-state index contributed by atoms with van der Waals surface area (Å²) in [7, 11) is 1.43. The van der Waals surface area contributed by atoms with Crippen molar-refractivity contribution in [3.8, 4) is 23.3 Å². The lowest BCUT2D eigenvalue weighted by molar-refractivity contribution is -0.136. The number of nitrogens with one attached hydrogen (secondary N) is 1. The highest BCUT2D eigenvalue weighted by atomic mass is 16.6. The maximum absolute atomic E-state index is 12.4. The molecule has 1 N–H and O–H groups in total. The van der Waals surface area contributed by atoms with Crippen LogP contribution in [0.1, 0.15) is 11.1 Å². The number of methoxy groups -OCH3 is 1. The van der Waals surface area contributed by atoms with Gasteiger partial charge in [-0.2, -0.15) is 5.26 Å². The Balaban J connectivity index is 1.64. The Hall–Kier alpha value is -4.57. The molecule has 0 fully saturated rings. The van der Waals surface area contributed by atoms with Gasteiger partial charge in [0.1, 0.15) is 17.4 Å². The number of hydrogen-bond acceptors (Lipinski definition) is 6. The molecule has 0 bridgehead atoms. The van der Waals surface area contributed by atoms with Crippen LogP contribution < -0.4 is 19.5 Å². The van der Waals surface area contributed by atoms with Gasteiger partial charge in [-0.05, 0) is 41.5 Å². The molecule has 33 heavy (non-hydrogen) atoms. The van der Waals surface area contributed by atoms with Crippen LogP contribution in [0.25, 0.3) is 6.08 Å². The molecule has 0 radical (unpaired) electrons. The number of hydrogen-bond donors (Lipinski definition) is 1. The largest absolute Gasteiger partial charge is 0.493 e. The smallest absolute Gasteiger partial charge is 0.349 e. The van der Waals surface area contributed by atoms with Gasteiger partial charge in [0.15, 0.2) is 18.1 Å². The first-order valence-electron chi connectivity index (χ1n) is 10.1. The summed E-state index contributed by atoms with van der Waals surface area (Å²) >= 11 is 0. The third-order valence-corrected chi connectivity index (χ3v) is 4.48. The fraction of sp³-hybridized carbons (Fsp3) is 0.115. The third kappa shape index (κ3) is 6.97. The summed E-state index contributed by atoms with van der Waals surface area (Å²) in [4.78, 5) is 24.5. The number of nitrogens with zero attached hydrogens (tertiary/aromatic N) is 1. The minimum absolute atomic E-state index is 0.0611. The zero-order valence-corrected chi connectivity index (χ0v) is 18.0. The standard InChI is InChI=1S/C26H22N2O5/c1-31-24-15-20(14-21(16-27)26(30)28-17-19-8-4-2-5-9-19)12-13-23(24)33-25(29)18-32-22-10-6-3-7-11-22/h2-15H,17-18H2,1H3,(H,28,30)/b21-14+. The van der Waals surface area contributed by atoms with Crippen LogP contribution >= 0.6 is 0 Å². The van der Waals surface area contributed by atoms with Gasteiger partial charge in [-0.3, -0.25) is 4.79 Å². The molecule has 0 saturated carbocycles. The van der Waals surface area contributed by atoms with Gasteiger partial charge >= 0.3 is 5.97 Å². The van der Waals surface area contributed by atoms with E-state index in [1.54, 1.807) is 36.4 Å². The SMILES string of the molecule is COc1cc(/C=C(\C#N)C(=O)NCc2ccccc2)ccc1OC(=O)COc1ccccc1. The monoisotopic (exact) mass is 442 g/mol. The summed E-state index contributed by atoms with van der Waals surface area (Å²) in [5, 5.41) is 12.1. The molecule has 0 aliphatic rings. The van der Waals surface area contributed by atoms with Crippen LogP contribution in [0, 0.1) is 11.3 Å². The number of esters is 1. The number of ether oxygens (including phenoxy) is 3. The van der Waals surface area contributed by atoms with E-state index in [2.05, 4.69) is 5.32 Å². The van der Waals surface area contributed by atoms with Crippen LogP contribution in [0.4, 0.5) is 0 Å². The number of amides is 1. The van der Waals surface area contributed by atoms with E-state index >= 15 is 0 Å². The lowest BCUT2D eigenvalue weighted by Gasteiger charge is -2.11. The Morgan fingerprint density at radius 1 is 0.970 bits per heavy atom. The van der Waals surface area contributed by atoms with Crippen LogP contribution in [-0.2, 0) is 16.1 Å².